The molecule has 3 heteroatoms. The number of benzene rings is 2. The number of ether oxygens (including phenoxy) is 1. The molecule has 156 valence electrons. The second kappa shape index (κ2) is 10.6. The summed E-state index contributed by atoms with van der Waals surface area (Å²) in [6, 6.07) is 11.1. The van der Waals surface area contributed by atoms with E-state index in [1.54, 1.807) is 12.1 Å². The van der Waals surface area contributed by atoms with Crippen molar-refractivity contribution >= 4 is 0 Å². The van der Waals surface area contributed by atoms with Crippen molar-refractivity contribution in [1.82, 2.24) is 0 Å². The largest absolute Gasteiger partial charge is 0.462 e. The van der Waals surface area contributed by atoms with E-state index in [-0.39, 0.29) is 11.3 Å². The maximum absolute atomic E-state index is 14.6. The minimum Gasteiger partial charge on any atom is -0.462 e. The molecule has 1 fully saturated rings. The van der Waals surface area contributed by atoms with Gasteiger partial charge in [-0.3, -0.25) is 0 Å². The van der Waals surface area contributed by atoms with Crippen molar-refractivity contribution in [3.63, 3.8) is 0 Å². The van der Waals surface area contributed by atoms with Crippen LogP contribution in [0.15, 0.2) is 48.7 Å². The quantitative estimate of drug-likeness (QED) is 0.406. The fraction of sp³-hybridized carbons (Fsp3) is 0.462. The Morgan fingerprint density at radius 2 is 1.62 bits per heavy atom. The molecule has 1 aliphatic carbocycles. The van der Waals surface area contributed by atoms with Crippen LogP contribution in [0.1, 0.15) is 76.7 Å². The first-order valence-corrected chi connectivity index (χ1v) is 11.0. The van der Waals surface area contributed by atoms with Gasteiger partial charge in [-0.1, -0.05) is 57.4 Å². The molecule has 2 aromatic carbocycles. The summed E-state index contributed by atoms with van der Waals surface area (Å²) >= 11 is 0. The second-order valence-electron chi connectivity index (χ2n) is 8.15. The lowest BCUT2D eigenvalue weighted by molar-refractivity contribution is 0.308. The first kappa shape index (κ1) is 21.5. The highest BCUT2D eigenvalue weighted by atomic mass is 19.2. The normalized spacial score (nSPS) is 19.6. The third-order valence-electron chi connectivity index (χ3n) is 6.03. The molecule has 1 nitrogen and oxygen atoms in total. The summed E-state index contributed by atoms with van der Waals surface area (Å²) in [5.41, 5.74) is 2.27. The van der Waals surface area contributed by atoms with E-state index in [4.69, 9.17) is 4.74 Å². The van der Waals surface area contributed by atoms with Gasteiger partial charge in [-0.25, -0.2) is 4.39 Å². The van der Waals surface area contributed by atoms with Crippen molar-refractivity contribution in [2.45, 2.75) is 71.1 Å². The van der Waals surface area contributed by atoms with Crippen LogP contribution in [0, 0.1) is 17.6 Å². The number of allylic oxidation sites excluding steroid dienone is 1. The number of hydrogen-bond acceptors (Lipinski definition) is 1. The Labute approximate surface area is 173 Å². The Morgan fingerprint density at radius 3 is 2.28 bits per heavy atom. The summed E-state index contributed by atoms with van der Waals surface area (Å²) in [7, 11) is 0. The molecule has 2 aromatic rings. The van der Waals surface area contributed by atoms with Gasteiger partial charge in [0.2, 0.25) is 5.82 Å². The van der Waals surface area contributed by atoms with E-state index in [2.05, 4.69) is 19.1 Å². The van der Waals surface area contributed by atoms with Crippen LogP contribution in [0.2, 0.25) is 0 Å². The number of rotatable bonds is 8. The van der Waals surface area contributed by atoms with E-state index in [0.717, 1.165) is 18.8 Å². The SMILES string of the molecule is CCC/C=C/Oc1ccc(-c2ccc(C3CCC(CCC)CC3)cc2)c(F)c1F. The van der Waals surface area contributed by atoms with Crippen LogP contribution in [0.25, 0.3) is 11.1 Å². The Morgan fingerprint density at radius 1 is 0.897 bits per heavy atom. The van der Waals surface area contributed by atoms with E-state index in [9.17, 15) is 8.78 Å². The van der Waals surface area contributed by atoms with Crippen LogP contribution >= 0.6 is 0 Å². The Balaban J connectivity index is 1.69. The van der Waals surface area contributed by atoms with Gasteiger partial charge >= 0.3 is 0 Å². The molecule has 0 amide bonds. The molecule has 0 bridgehead atoms. The number of unbranched alkanes of at least 4 members (excludes halogenated alkanes) is 1. The van der Waals surface area contributed by atoms with Crippen molar-refractivity contribution in [1.29, 1.82) is 0 Å². The van der Waals surface area contributed by atoms with Crippen molar-refractivity contribution in [2.75, 3.05) is 0 Å². The summed E-state index contributed by atoms with van der Waals surface area (Å²) in [6.45, 7) is 4.30. The zero-order valence-corrected chi connectivity index (χ0v) is 17.6. The minimum absolute atomic E-state index is 0.0842. The van der Waals surface area contributed by atoms with E-state index in [0.29, 0.717) is 11.5 Å². The van der Waals surface area contributed by atoms with E-state index < -0.39 is 11.6 Å². The fourth-order valence-electron chi connectivity index (χ4n) is 4.33. The highest BCUT2D eigenvalue weighted by Gasteiger charge is 2.22. The summed E-state index contributed by atoms with van der Waals surface area (Å²) in [6.07, 6.45) is 12.7. The van der Waals surface area contributed by atoms with E-state index in [1.807, 2.05) is 19.1 Å². The maximum atomic E-state index is 14.6. The van der Waals surface area contributed by atoms with Gasteiger partial charge in [0, 0.05) is 5.56 Å². The molecule has 0 atom stereocenters. The topological polar surface area (TPSA) is 9.23 Å². The van der Waals surface area contributed by atoms with Crippen LogP contribution in [0.5, 0.6) is 5.75 Å². The monoisotopic (exact) mass is 398 g/mol. The molecule has 0 unspecified atom stereocenters. The Bertz CT molecular complexity index is 802. The van der Waals surface area contributed by atoms with Gasteiger partial charge in [-0.15, -0.1) is 0 Å². The van der Waals surface area contributed by atoms with Crippen LogP contribution in [-0.2, 0) is 0 Å². The molecular formula is C26H32F2O. The maximum Gasteiger partial charge on any atom is 0.201 e. The van der Waals surface area contributed by atoms with Gasteiger partial charge in [0.15, 0.2) is 11.6 Å². The molecule has 1 saturated carbocycles. The van der Waals surface area contributed by atoms with Gasteiger partial charge in [-0.05, 0) is 73.3 Å². The van der Waals surface area contributed by atoms with Gasteiger partial charge in [0.25, 0.3) is 0 Å². The van der Waals surface area contributed by atoms with Crippen molar-refractivity contribution in [2.24, 2.45) is 5.92 Å². The molecule has 0 aliphatic heterocycles. The van der Waals surface area contributed by atoms with Crippen LogP contribution in [0.3, 0.4) is 0 Å². The molecule has 0 heterocycles. The highest BCUT2D eigenvalue weighted by molar-refractivity contribution is 5.65. The van der Waals surface area contributed by atoms with Crippen molar-refractivity contribution < 1.29 is 13.5 Å². The molecule has 1 aliphatic rings. The van der Waals surface area contributed by atoms with E-state index in [1.165, 1.54) is 56.4 Å². The average Bonchev–Trinajstić information content (AvgIpc) is 2.75. The first-order valence-electron chi connectivity index (χ1n) is 11.0. The van der Waals surface area contributed by atoms with Crippen LogP contribution in [-0.4, -0.2) is 0 Å². The summed E-state index contributed by atoms with van der Waals surface area (Å²) in [5.74, 6) is -0.421. The molecule has 0 radical (unpaired) electrons. The summed E-state index contributed by atoms with van der Waals surface area (Å²) in [5, 5.41) is 0. The molecule has 3 rings (SSSR count). The van der Waals surface area contributed by atoms with Crippen molar-refractivity contribution in [3.05, 3.63) is 65.9 Å². The summed E-state index contributed by atoms with van der Waals surface area (Å²) < 4.78 is 34.2. The van der Waals surface area contributed by atoms with Crippen molar-refractivity contribution in [3.8, 4) is 16.9 Å². The molecule has 0 spiro atoms. The average molecular weight is 399 g/mol. The Hall–Kier alpha value is -2.16. The predicted octanol–water partition coefficient (Wildman–Crippen LogP) is 8.40. The second-order valence-corrected chi connectivity index (χ2v) is 8.15. The molecule has 29 heavy (non-hydrogen) atoms. The number of hydrogen-bond donors (Lipinski definition) is 0. The Kier molecular flexibility index (Phi) is 7.85. The minimum atomic E-state index is -0.943. The first-order chi connectivity index (χ1) is 14.1. The van der Waals surface area contributed by atoms with Crippen LogP contribution < -0.4 is 4.74 Å². The predicted molar refractivity (Wildman–Crippen MR) is 116 cm³/mol. The lowest BCUT2D eigenvalue weighted by Crippen LogP contribution is -2.13. The zero-order valence-electron chi connectivity index (χ0n) is 17.6. The molecule has 0 aromatic heterocycles. The smallest absolute Gasteiger partial charge is 0.201 e. The molecule has 0 saturated heterocycles. The third kappa shape index (κ3) is 5.46. The lowest BCUT2D eigenvalue weighted by Gasteiger charge is -2.28. The standard InChI is InChI=1S/C26H32F2O/c1-3-5-6-18-29-24-17-16-23(25(27)26(24)28)22-14-12-21(13-15-22)20-10-8-19(7-4-2)9-11-20/h6,12-20H,3-5,7-11H2,1-2H3/b18-6+. The molecular weight excluding hydrogens is 366 g/mol. The van der Waals surface area contributed by atoms with Gasteiger partial charge in [0.1, 0.15) is 0 Å². The number of halogens is 2. The van der Waals surface area contributed by atoms with Gasteiger partial charge < -0.3 is 4.74 Å². The zero-order chi connectivity index (χ0) is 20.6. The molecule has 0 N–H and O–H groups in total. The van der Waals surface area contributed by atoms with Gasteiger partial charge in [0.05, 0.1) is 6.26 Å². The summed E-state index contributed by atoms with van der Waals surface area (Å²) in [4.78, 5) is 0. The fourth-order valence-corrected chi connectivity index (χ4v) is 4.33. The highest BCUT2D eigenvalue weighted by Crippen LogP contribution is 2.38. The van der Waals surface area contributed by atoms with E-state index >= 15 is 0 Å². The lowest BCUT2D eigenvalue weighted by atomic mass is 9.77. The van der Waals surface area contributed by atoms with Crippen LogP contribution in [0.4, 0.5) is 8.78 Å². The third-order valence-corrected chi connectivity index (χ3v) is 6.03. The van der Waals surface area contributed by atoms with Gasteiger partial charge in [-0.2, -0.15) is 4.39 Å².